The first kappa shape index (κ1) is 15.4. The van der Waals surface area contributed by atoms with Gasteiger partial charge >= 0.3 is 0 Å². The second-order valence-corrected chi connectivity index (χ2v) is 8.91. The van der Waals surface area contributed by atoms with Crippen molar-refractivity contribution >= 4 is 54.6 Å². The lowest BCUT2D eigenvalue weighted by Crippen LogP contribution is -2.48. The molecule has 1 aliphatic rings. The van der Waals surface area contributed by atoms with Gasteiger partial charge < -0.3 is 11.1 Å². The molecule has 0 spiro atoms. The molecule has 4 rings (SSSR count). The maximum atomic E-state index is 6.41. The Balaban J connectivity index is 1.63. The van der Waals surface area contributed by atoms with Crippen LogP contribution in [0, 0.1) is 0 Å². The van der Waals surface area contributed by atoms with Crippen LogP contribution in [-0.4, -0.2) is 20.9 Å². The highest BCUT2D eigenvalue weighted by atomic mass is 79.9. The maximum Gasteiger partial charge on any atom is 0.170 e. The van der Waals surface area contributed by atoms with Crippen LogP contribution in [0.2, 0.25) is 0 Å². The highest BCUT2D eigenvalue weighted by Crippen LogP contribution is 2.41. The number of aromatic nitrogens is 3. The van der Waals surface area contributed by atoms with Crippen molar-refractivity contribution in [3.63, 3.8) is 0 Å². The minimum absolute atomic E-state index is 0.0468. The van der Waals surface area contributed by atoms with Crippen LogP contribution >= 0.6 is 38.6 Å². The first-order valence-corrected chi connectivity index (χ1v) is 9.99. The summed E-state index contributed by atoms with van der Waals surface area (Å²) in [4.78, 5) is 2.51. The van der Waals surface area contributed by atoms with Gasteiger partial charge in [-0.15, -0.1) is 32.9 Å². The van der Waals surface area contributed by atoms with Crippen molar-refractivity contribution < 1.29 is 0 Å². The zero-order valence-electron chi connectivity index (χ0n) is 12.4. The molecule has 8 heteroatoms. The lowest BCUT2D eigenvalue weighted by atomic mass is 9.75. The number of rotatable bonds is 5. The zero-order valence-corrected chi connectivity index (χ0v) is 15.6. The Hall–Kier alpha value is -1.09. The fourth-order valence-electron chi connectivity index (χ4n) is 2.80. The molecule has 0 saturated heterocycles. The summed E-state index contributed by atoms with van der Waals surface area (Å²) in [6.07, 6.45) is 4.31. The molecule has 1 fully saturated rings. The number of hydrogen-bond acceptors (Lipinski definition) is 7. The Labute approximate surface area is 150 Å². The molecule has 0 atom stereocenters. The fraction of sp³-hybridized carbons (Fsp3) is 0.400. The van der Waals surface area contributed by atoms with E-state index in [-0.39, 0.29) is 5.54 Å². The summed E-state index contributed by atoms with van der Waals surface area (Å²) >= 11 is 7.12. The molecule has 0 amide bonds. The Bertz CT molecular complexity index is 826. The van der Waals surface area contributed by atoms with Crippen LogP contribution in [-0.2, 0) is 13.0 Å². The smallest absolute Gasteiger partial charge is 0.170 e. The molecule has 1 saturated carbocycles. The van der Waals surface area contributed by atoms with Crippen LogP contribution in [0.25, 0.3) is 10.2 Å². The second kappa shape index (κ2) is 6.08. The molecule has 120 valence electrons. The average molecular weight is 410 g/mol. The second-order valence-electron chi connectivity index (χ2n) is 5.98. The average Bonchev–Trinajstić information content (AvgIpc) is 3.13. The Kier molecular flexibility index (Phi) is 4.08. The highest BCUT2D eigenvalue weighted by Gasteiger charge is 2.34. The van der Waals surface area contributed by atoms with Gasteiger partial charge in [0.1, 0.15) is 10.2 Å². The van der Waals surface area contributed by atoms with Crippen molar-refractivity contribution in [1.82, 2.24) is 15.4 Å². The monoisotopic (exact) mass is 409 g/mol. The highest BCUT2D eigenvalue weighted by molar-refractivity contribution is 9.10. The van der Waals surface area contributed by atoms with Crippen LogP contribution in [0.5, 0.6) is 0 Å². The van der Waals surface area contributed by atoms with Gasteiger partial charge in [-0.05, 0) is 51.9 Å². The molecule has 3 aromatic heterocycles. The number of hydrogen-bond donors (Lipinski definition) is 2. The van der Waals surface area contributed by atoms with Gasteiger partial charge in [0.25, 0.3) is 0 Å². The van der Waals surface area contributed by atoms with Crippen molar-refractivity contribution in [3.8, 4) is 0 Å². The van der Waals surface area contributed by atoms with Gasteiger partial charge in [-0.2, -0.15) is 0 Å². The van der Waals surface area contributed by atoms with Gasteiger partial charge in [0.2, 0.25) is 0 Å². The van der Waals surface area contributed by atoms with E-state index in [4.69, 9.17) is 5.73 Å². The predicted molar refractivity (Wildman–Crippen MR) is 99.0 cm³/mol. The normalized spacial score (nSPS) is 16.4. The third-order valence-corrected chi connectivity index (χ3v) is 7.45. The van der Waals surface area contributed by atoms with E-state index in [0.29, 0.717) is 0 Å². The van der Waals surface area contributed by atoms with E-state index in [1.54, 1.807) is 22.7 Å². The Morgan fingerprint density at radius 1 is 1.35 bits per heavy atom. The summed E-state index contributed by atoms with van der Waals surface area (Å²) < 4.78 is 2.06. The van der Waals surface area contributed by atoms with Crippen LogP contribution in [0.1, 0.15) is 29.0 Å². The van der Waals surface area contributed by atoms with Crippen molar-refractivity contribution in [3.05, 3.63) is 31.7 Å². The van der Waals surface area contributed by atoms with Gasteiger partial charge in [-0.3, -0.25) is 0 Å². The number of fused-ring (bicyclic) bond motifs is 1. The molecule has 0 aromatic carbocycles. The van der Waals surface area contributed by atoms with Gasteiger partial charge in [0.05, 0.1) is 11.0 Å². The molecule has 0 unspecified atom stereocenters. The minimum atomic E-state index is -0.0468. The summed E-state index contributed by atoms with van der Waals surface area (Å²) in [6, 6.07) is 4.16. The first-order valence-electron chi connectivity index (χ1n) is 7.50. The van der Waals surface area contributed by atoms with Crippen molar-refractivity contribution in [2.24, 2.45) is 5.73 Å². The summed E-state index contributed by atoms with van der Waals surface area (Å²) in [5.41, 5.74) is 7.23. The molecule has 0 radical (unpaired) electrons. The molecule has 3 heterocycles. The number of nitrogens with one attached hydrogen (secondary N) is 1. The molecular weight excluding hydrogens is 394 g/mol. The molecule has 1 aliphatic carbocycles. The molecule has 0 aliphatic heterocycles. The fourth-order valence-corrected chi connectivity index (χ4v) is 5.47. The summed E-state index contributed by atoms with van der Waals surface area (Å²) in [5, 5.41) is 17.7. The van der Waals surface area contributed by atoms with Gasteiger partial charge in [-0.1, -0.05) is 6.07 Å². The van der Waals surface area contributed by atoms with Crippen LogP contribution in [0.4, 0.5) is 5.82 Å². The third-order valence-electron chi connectivity index (χ3n) is 4.27. The van der Waals surface area contributed by atoms with Crippen molar-refractivity contribution in [1.29, 1.82) is 0 Å². The van der Waals surface area contributed by atoms with Crippen molar-refractivity contribution in [2.75, 3.05) is 5.32 Å². The molecule has 23 heavy (non-hydrogen) atoms. The van der Waals surface area contributed by atoms with Crippen LogP contribution in [0.15, 0.2) is 22.0 Å². The van der Waals surface area contributed by atoms with Crippen LogP contribution < -0.4 is 11.1 Å². The largest absolute Gasteiger partial charge is 0.362 e. The van der Waals surface area contributed by atoms with E-state index in [1.165, 1.54) is 16.2 Å². The van der Waals surface area contributed by atoms with E-state index in [2.05, 4.69) is 54.2 Å². The maximum absolute atomic E-state index is 6.41. The Morgan fingerprint density at radius 3 is 2.91 bits per heavy atom. The summed E-state index contributed by atoms with van der Waals surface area (Å²) in [7, 11) is 0. The standard InChI is InChI=1S/C15H16BrN5S2/c16-11-10(7-15(17)4-2-5-15)23-13-12(11)19-21-20-14(13)18-8-9-3-1-6-22-9/h1,3,6H,2,4-5,7-8,17H2,(H,18,19,20). The number of nitrogens with two attached hydrogens (primary N) is 1. The van der Waals surface area contributed by atoms with Crippen molar-refractivity contribution in [2.45, 2.75) is 37.8 Å². The van der Waals surface area contributed by atoms with E-state index in [0.717, 1.165) is 46.3 Å². The lowest BCUT2D eigenvalue weighted by molar-refractivity contribution is 0.249. The van der Waals surface area contributed by atoms with Gasteiger partial charge in [0.15, 0.2) is 5.82 Å². The molecular formula is C15H16BrN5S2. The molecule has 0 bridgehead atoms. The first-order chi connectivity index (χ1) is 11.1. The third kappa shape index (κ3) is 3.00. The number of halogens is 1. The topological polar surface area (TPSA) is 76.7 Å². The quantitative estimate of drug-likeness (QED) is 0.666. The summed E-state index contributed by atoms with van der Waals surface area (Å²) in [5.74, 6) is 0.792. The van der Waals surface area contributed by atoms with E-state index >= 15 is 0 Å². The SMILES string of the molecule is NC1(Cc2sc3c(NCc4cccs4)nnnc3c2Br)CCC1. The Morgan fingerprint density at radius 2 is 2.22 bits per heavy atom. The lowest BCUT2D eigenvalue weighted by Gasteiger charge is -2.37. The van der Waals surface area contributed by atoms with E-state index < -0.39 is 0 Å². The van der Waals surface area contributed by atoms with Gasteiger partial charge in [-0.25, -0.2) is 0 Å². The zero-order chi connectivity index (χ0) is 15.9. The van der Waals surface area contributed by atoms with E-state index in [9.17, 15) is 0 Å². The molecule has 5 nitrogen and oxygen atoms in total. The predicted octanol–water partition coefficient (Wildman–Crippen LogP) is 3.95. The number of thiophene rings is 2. The summed E-state index contributed by atoms with van der Waals surface area (Å²) in [6.45, 7) is 0.747. The minimum Gasteiger partial charge on any atom is -0.362 e. The van der Waals surface area contributed by atoms with Gasteiger partial charge in [0, 0.05) is 21.7 Å². The molecule has 3 aromatic rings. The number of nitrogens with zero attached hydrogens (tertiary/aromatic N) is 3. The van der Waals surface area contributed by atoms with Crippen LogP contribution in [0.3, 0.4) is 0 Å². The number of anilines is 1. The molecule has 3 N–H and O–H groups in total. The van der Waals surface area contributed by atoms with E-state index in [1.807, 2.05) is 0 Å².